The number of carboxylic acids is 1. The number of carbonyl (C=O) groups is 1. The third-order valence-corrected chi connectivity index (χ3v) is 7.35. The number of sulfonamides is 1. The van der Waals surface area contributed by atoms with Crippen LogP contribution in [0.5, 0.6) is 0 Å². The second-order valence-electron chi connectivity index (χ2n) is 7.43. The lowest BCUT2D eigenvalue weighted by Crippen LogP contribution is -2.41. The van der Waals surface area contributed by atoms with Crippen LogP contribution in [0.4, 0.5) is 0 Å². The monoisotopic (exact) mass is 484 g/mol. The minimum atomic E-state index is -3.60. The van der Waals surface area contributed by atoms with Gasteiger partial charge in [-0.25, -0.2) is 8.42 Å². The van der Waals surface area contributed by atoms with Gasteiger partial charge in [-0.05, 0) is 43.7 Å². The van der Waals surface area contributed by atoms with Crippen LogP contribution in [0.25, 0.3) is 21.8 Å². The molecule has 1 atom stereocenters. The van der Waals surface area contributed by atoms with E-state index in [1.54, 1.807) is 34.8 Å². The SMILES string of the molecule is CCCC(=O)O.CCN(C1CCNC1)S(=O)(=O)c1ccc2[nH]c(=O)c3[nH]ccc3c2c1.Cl. The summed E-state index contributed by atoms with van der Waals surface area (Å²) in [5.74, 6) is -0.711. The van der Waals surface area contributed by atoms with E-state index in [-0.39, 0.29) is 28.9 Å². The van der Waals surface area contributed by atoms with E-state index in [2.05, 4.69) is 15.3 Å². The molecule has 3 heterocycles. The molecular formula is C21H29ClN4O5S. The average molecular weight is 485 g/mol. The van der Waals surface area contributed by atoms with Gasteiger partial charge in [0.05, 0.1) is 4.90 Å². The number of nitrogens with one attached hydrogen (secondary N) is 3. The van der Waals surface area contributed by atoms with Crippen molar-refractivity contribution in [3.8, 4) is 0 Å². The van der Waals surface area contributed by atoms with Crippen molar-refractivity contribution in [3.05, 3.63) is 40.8 Å². The first-order valence-corrected chi connectivity index (χ1v) is 11.8. The summed E-state index contributed by atoms with van der Waals surface area (Å²) in [6.45, 7) is 5.64. The van der Waals surface area contributed by atoms with Gasteiger partial charge in [0.15, 0.2) is 0 Å². The van der Waals surface area contributed by atoms with Crippen molar-refractivity contribution in [2.24, 2.45) is 0 Å². The molecule has 4 N–H and O–H groups in total. The first kappa shape index (κ1) is 25.9. The number of H-pyrrole nitrogens is 2. The number of aromatic nitrogens is 2. The fourth-order valence-electron chi connectivity index (χ4n) is 3.84. The molecule has 1 aliphatic rings. The molecule has 1 aromatic carbocycles. The van der Waals surface area contributed by atoms with Gasteiger partial charge in [-0.15, -0.1) is 12.4 Å². The number of nitrogens with zero attached hydrogens (tertiary/aromatic N) is 1. The van der Waals surface area contributed by atoms with Gasteiger partial charge in [-0.1, -0.05) is 13.8 Å². The van der Waals surface area contributed by atoms with Gasteiger partial charge >= 0.3 is 5.97 Å². The number of rotatable bonds is 6. The summed E-state index contributed by atoms with van der Waals surface area (Å²) in [5.41, 5.74) is 0.867. The quantitative estimate of drug-likeness (QED) is 0.424. The molecule has 176 valence electrons. The zero-order valence-corrected chi connectivity index (χ0v) is 19.7. The molecule has 11 heteroatoms. The van der Waals surface area contributed by atoms with Crippen LogP contribution < -0.4 is 10.9 Å². The number of pyridine rings is 1. The molecule has 0 bridgehead atoms. The second-order valence-corrected chi connectivity index (χ2v) is 9.32. The Morgan fingerprint density at radius 2 is 1.97 bits per heavy atom. The molecule has 0 amide bonds. The zero-order valence-electron chi connectivity index (χ0n) is 18.1. The lowest BCUT2D eigenvalue weighted by atomic mass is 10.1. The molecule has 1 unspecified atom stereocenters. The summed E-state index contributed by atoms with van der Waals surface area (Å²) in [6.07, 6.45) is 3.52. The highest BCUT2D eigenvalue weighted by molar-refractivity contribution is 7.89. The minimum Gasteiger partial charge on any atom is -0.481 e. The van der Waals surface area contributed by atoms with Crippen LogP contribution in [0, 0.1) is 0 Å². The predicted molar refractivity (Wildman–Crippen MR) is 127 cm³/mol. The molecule has 1 saturated heterocycles. The van der Waals surface area contributed by atoms with Crippen LogP contribution in [0.1, 0.15) is 33.1 Å². The number of halogens is 1. The highest BCUT2D eigenvalue weighted by atomic mass is 35.5. The Bertz CT molecular complexity index is 1230. The summed E-state index contributed by atoms with van der Waals surface area (Å²) < 4.78 is 27.9. The van der Waals surface area contributed by atoms with Gasteiger partial charge in [0.1, 0.15) is 5.52 Å². The van der Waals surface area contributed by atoms with Crippen LogP contribution in [-0.4, -0.2) is 59.4 Å². The van der Waals surface area contributed by atoms with E-state index in [0.717, 1.165) is 30.2 Å². The first-order chi connectivity index (χ1) is 14.8. The molecule has 0 aliphatic carbocycles. The Hall–Kier alpha value is -2.40. The van der Waals surface area contributed by atoms with Crippen LogP contribution >= 0.6 is 12.4 Å². The van der Waals surface area contributed by atoms with Crippen molar-refractivity contribution in [2.45, 2.75) is 44.0 Å². The largest absolute Gasteiger partial charge is 0.481 e. The van der Waals surface area contributed by atoms with Crippen molar-refractivity contribution >= 4 is 50.2 Å². The number of carboxylic acid groups (broad SMARTS) is 1. The number of hydrogen-bond donors (Lipinski definition) is 4. The van der Waals surface area contributed by atoms with E-state index in [1.165, 1.54) is 0 Å². The van der Waals surface area contributed by atoms with Gasteiger partial charge in [-0.2, -0.15) is 4.31 Å². The van der Waals surface area contributed by atoms with Crippen molar-refractivity contribution in [1.29, 1.82) is 0 Å². The Balaban J connectivity index is 0.000000461. The summed E-state index contributed by atoms with van der Waals surface area (Å²) in [6, 6.07) is 6.66. The first-order valence-electron chi connectivity index (χ1n) is 10.4. The molecule has 0 radical (unpaired) electrons. The topological polar surface area (TPSA) is 135 Å². The minimum absolute atomic E-state index is 0. The van der Waals surface area contributed by atoms with Crippen LogP contribution in [0.3, 0.4) is 0 Å². The Kier molecular flexibility index (Phi) is 8.85. The van der Waals surface area contributed by atoms with Crippen LogP contribution in [0.15, 0.2) is 40.2 Å². The molecule has 9 nitrogen and oxygen atoms in total. The third kappa shape index (κ3) is 5.32. The van der Waals surface area contributed by atoms with Gasteiger partial charge in [0.2, 0.25) is 10.0 Å². The lowest BCUT2D eigenvalue weighted by molar-refractivity contribution is -0.137. The number of aliphatic carboxylic acids is 1. The van der Waals surface area contributed by atoms with Crippen LogP contribution in [0.2, 0.25) is 0 Å². The molecular weight excluding hydrogens is 456 g/mol. The van der Waals surface area contributed by atoms with Crippen molar-refractivity contribution < 1.29 is 18.3 Å². The number of aromatic amines is 2. The maximum absolute atomic E-state index is 13.2. The van der Waals surface area contributed by atoms with Gasteiger partial charge < -0.3 is 20.4 Å². The molecule has 0 spiro atoms. The summed E-state index contributed by atoms with van der Waals surface area (Å²) in [7, 11) is -3.60. The second kappa shape index (κ2) is 11.0. The van der Waals surface area contributed by atoms with E-state index in [0.29, 0.717) is 30.5 Å². The smallest absolute Gasteiger partial charge is 0.303 e. The molecule has 1 fully saturated rings. The Morgan fingerprint density at radius 1 is 1.22 bits per heavy atom. The molecule has 0 saturated carbocycles. The van der Waals surface area contributed by atoms with Crippen LogP contribution in [-0.2, 0) is 14.8 Å². The molecule has 4 rings (SSSR count). The fraction of sp³-hybridized carbons (Fsp3) is 0.429. The van der Waals surface area contributed by atoms with E-state index in [9.17, 15) is 18.0 Å². The number of likely N-dealkylation sites (N-methyl/N-ethyl adjacent to an activating group) is 1. The van der Waals surface area contributed by atoms with Gasteiger partial charge in [0, 0.05) is 48.0 Å². The van der Waals surface area contributed by atoms with Gasteiger partial charge in [0.25, 0.3) is 5.56 Å². The number of benzene rings is 1. The standard InChI is InChI=1S/C17H20N4O3S.C4H8O2.ClH/c1-2-21(11-5-7-18-10-11)25(23,24)12-3-4-15-14(9-12)13-6-8-19-16(13)17(22)20-15;1-2-3-4(5)6;/h3-4,6,8-9,11,18-19H,2,5,7,10H2,1H3,(H,20,22);2-3H2,1H3,(H,5,6);1H. The van der Waals surface area contributed by atoms with Gasteiger partial charge in [-0.3, -0.25) is 9.59 Å². The van der Waals surface area contributed by atoms with E-state index < -0.39 is 16.0 Å². The fourth-order valence-corrected chi connectivity index (χ4v) is 5.53. The Morgan fingerprint density at radius 3 is 2.53 bits per heavy atom. The van der Waals surface area contributed by atoms with Crippen molar-refractivity contribution in [1.82, 2.24) is 19.6 Å². The third-order valence-electron chi connectivity index (χ3n) is 5.33. The maximum Gasteiger partial charge on any atom is 0.303 e. The molecule has 32 heavy (non-hydrogen) atoms. The normalized spacial score (nSPS) is 16.0. The van der Waals surface area contributed by atoms with Crippen molar-refractivity contribution in [3.63, 3.8) is 0 Å². The molecule has 1 aliphatic heterocycles. The van der Waals surface area contributed by atoms with E-state index in [4.69, 9.17) is 5.11 Å². The van der Waals surface area contributed by atoms with Crippen molar-refractivity contribution in [2.75, 3.05) is 19.6 Å². The Labute approximate surface area is 192 Å². The van der Waals surface area contributed by atoms with E-state index >= 15 is 0 Å². The average Bonchev–Trinajstić information content (AvgIpc) is 3.41. The summed E-state index contributed by atoms with van der Waals surface area (Å²) in [5, 5.41) is 12.6. The number of hydrogen-bond acceptors (Lipinski definition) is 5. The maximum atomic E-state index is 13.2. The number of fused-ring (bicyclic) bond motifs is 3. The van der Waals surface area contributed by atoms with E-state index in [1.807, 2.05) is 13.8 Å². The summed E-state index contributed by atoms with van der Waals surface area (Å²) in [4.78, 5) is 27.6. The lowest BCUT2D eigenvalue weighted by Gasteiger charge is -2.26. The highest BCUT2D eigenvalue weighted by Crippen LogP contribution is 2.27. The highest BCUT2D eigenvalue weighted by Gasteiger charge is 2.32. The molecule has 2 aromatic heterocycles. The zero-order chi connectivity index (χ0) is 22.6. The summed E-state index contributed by atoms with van der Waals surface area (Å²) >= 11 is 0. The molecule has 3 aromatic rings. The predicted octanol–water partition coefficient (Wildman–Crippen LogP) is 2.67.